The monoisotopic (exact) mass is 432 g/mol. The van der Waals surface area contributed by atoms with E-state index in [0.29, 0.717) is 38.4 Å². The first-order chi connectivity index (χ1) is 15.6. The van der Waals surface area contributed by atoms with Gasteiger partial charge in [-0.05, 0) is 18.6 Å². The van der Waals surface area contributed by atoms with Crippen LogP contribution in [0.4, 0.5) is 5.69 Å². The van der Waals surface area contributed by atoms with Crippen molar-refractivity contribution in [2.75, 3.05) is 38.2 Å². The van der Waals surface area contributed by atoms with Crippen LogP contribution in [0.5, 0.6) is 5.75 Å². The van der Waals surface area contributed by atoms with Gasteiger partial charge in [-0.2, -0.15) is 0 Å². The number of para-hydroxylation sites is 2. The van der Waals surface area contributed by atoms with Crippen molar-refractivity contribution in [3.05, 3.63) is 76.7 Å². The van der Waals surface area contributed by atoms with E-state index >= 15 is 0 Å². The second kappa shape index (κ2) is 9.68. The summed E-state index contributed by atoms with van der Waals surface area (Å²) < 4.78 is 6.96. The summed E-state index contributed by atoms with van der Waals surface area (Å²) in [6.45, 7) is 4.54. The topological polar surface area (TPSA) is 67.7 Å². The molecule has 0 N–H and O–H groups in total. The summed E-state index contributed by atoms with van der Waals surface area (Å²) in [5, 5.41) is 0. The van der Waals surface area contributed by atoms with Gasteiger partial charge in [-0.25, -0.2) is 4.98 Å². The number of carbonyl (C=O) groups is 1. The van der Waals surface area contributed by atoms with Crippen molar-refractivity contribution in [2.24, 2.45) is 0 Å². The summed E-state index contributed by atoms with van der Waals surface area (Å²) in [6, 6.07) is 19.0. The molecule has 2 aromatic carbocycles. The Morgan fingerprint density at radius 3 is 2.38 bits per heavy atom. The number of amides is 1. The number of nitrogens with zero attached hydrogens (tertiary/aromatic N) is 4. The minimum absolute atomic E-state index is 0.0191. The Kier molecular flexibility index (Phi) is 6.54. The fourth-order valence-electron chi connectivity index (χ4n) is 4.02. The number of carbonyl (C=O) groups excluding carboxylic acids is 1. The Hall–Kier alpha value is -3.61. The normalized spacial score (nSPS) is 13.8. The lowest BCUT2D eigenvalue weighted by Crippen LogP contribution is -2.50. The highest BCUT2D eigenvalue weighted by atomic mass is 16.5. The van der Waals surface area contributed by atoms with E-state index in [9.17, 15) is 9.59 Å². The van der Waals surface area contributed by atoms with Gasteiger partial charge in [0, 0.05) is 43.5 Å². The molecule has 1 fully saturated rings. The molecule has 1 amide bonds. The number of piperazine rings is 1. The van der Waals surface area contributed by atoms with E-state index < -0.39 is 0 Å². The van der Waals surface area contributed by atoms with Gasteiger partial charge in [0.15, 0.2) is 0 Å². The van der Waals surface area contributed by atoms with Crippen LogP contribution < -0.4 is 15.2 Å². The predicted octanol–water partition coefficient (Wildman–Crippen LogP) is 2.83. The van der Waals surface area contributed by atoms with E-state index in [4.69, 9.17) is 4.74 Å². The third-order valence-electron chi connectivity index (χ3n) is 5.81. The highest BCUT2D eigenvalue weighted by Crippen LogP contribution is 2.28. The van der Waals surface area contributed by atoms with E-state index in [1.165, 1.54) is 10.6 Å². The van der Waals surface area contributed by atoms with Gasteiger partial charge in [0.05, 0.1) is 12.8 Å². The number of hydrogen-bond donors (Lipinski definition) is 0. The van der Waals surface area contributed by atoms with Crippen LogP contribution in [0.3, 0.4) is 0 Å². The molecule has 0 radical (unpaired) electrons. The van der Waals surface area contributed by atoms with Crippen molar-refractivity contribution in [3.63, 3.8) is 0 Å². The fourth-order valence-corrected chi connectivity index (χ4v) is 4.02. The Bertz CT molecular complexity index is 1140. The summed E-state index contributed by atoms with van der Waals surface area (Å²) in [7, 11) is 1.67. The van der Waals surface area contributed by atoms with Crippen molar-refractivity contribution >= 4 is 11.6 Å². The summed E-state index contributed by atoms with van der Waals surface area (Å²) in [4.78, 5) is 34.7. The van der Waals surface area contributed by atoms with Gasteiger partial charge in [0.2, 0.25) is 5.91 Å². The fraction of sp³-hybridized carbons (Fsp3) is 0.320. The molecule has 7 heteroatoms. The number of aromatic nitrogens is 2. The molecule has 4 rings (SSSR count). The zero-order valence-corrected chi connectivity index (χ0v) is 18.5. The molecular formula is C25H28N4O3. The Morgan fingerprint density at radius 2 is 1.69 bits per heavy atom. The maximum atomic E-state index is 13.1. The molecule has 0 spiro atoms. The molecule has 1 saturated heterocycles. The van der Waals surface area contributed by atoms with E-state index in [0.717, 1.165) is 22.7 Å². The van der Waals surface area contributed by atoms with Crippen molar-refractivity contribution in [2.45, 2.75) is 19.9 Å². The van der Waals surface area contributed by atoms with Crippen LogP contribution in [0.2, 0.25) is 0 Å². The van der Waals surface area contributed by atoms with E-state index in [-0.39, 0.29) is 18.0 Å². The second-order valence-corrected chi connectivity index (χ2v) is 7.75. The van der Waals surface area contributed by atoms with Gasteiger partial charge < -0.3 is 14.5 Å². The van der Waals surface area contributed by atoms with Gasteiger partial charge in [-0.1, -0.05) is 49.4 Å². The molecule has 1 aliphatic heterocycles. The van der Waals surface area contributed by atoms with Crippen LogP contribution in [0.15, 0.2) is 65.5 Å². The molecule has 1 aliphatic rings. The van der Waals surface area contributed by atoms with Crippen molar-refractivity contribution in [1.29, 1.82) is 0 Å². The quantitative estimate of drug-likeness (QED) is 0.599. The van der Waals surface area contributed by atoms with Crippen molar-refractivity contribution < 1.29 is 9.53 Å². The van der Waals surface area contributed by atoms with Gasteiger partial charge in [0.1, 0.15) is 18.1 Å². The largest absolute Gasteiger partial charge is 0.495 e. The maximum Gasteiger partial charge on any atom is 0.254 e. The molecule has 2 heterocycles. The van der Waals surface area contributed by atoms with Crippen LogP contribution >= 0.6 is 0 Å². The zero-order chi connectivity index (χ0) is 22.5. The molecule has 0 aliphatic carbocycles. The van der Waals surface area contributed by atoms with Crippen LogP contribution in [-0.4, -0.2) is 53.6 Å². The summed E-state index contributed by atoms with van der Waals surface area (Å²) in [5.74, 6) is 1.29. The molecule has 0 saturated carbocycles. The lowest BCUT2D eigenvalue weighted by Gasteiger charge is -2.36. The number of anilines is 1. The third-order valence-corrected chi connectivity index (χ3v) is 5.81. The lowest BCUT2D eigenvalue weighted by molar-refractivity contribution is -0.132. The maximum absolute atomic E-state index is 13.1. The predicted molar refractivity (Wildman–Crippen MR) is 125 cm³/mol. The van der Waals surface area contributed by atoms with Crippen molar-refractivity contribution in [3.8, 4) is 17.1 Å². The number of rotatable bonds is 6. The van der Waals surface area contributed by atoms with Gasteiger partial charge in [0.25, 0.3) is 5.56 Å². The number of hydrogen-bond acceptors (Lipinski definition) is 5. The smallest absolute Gasteiger partial charge is 0.254 e. The summed E-state index contributed by atoms with van der Waals surface area (Å²) in [5.41, 5.74) is 2.39. The minimum atomic E-state index is -0.197. The van der Waals surface area contributed by atoms with Gasteiger partial charge in [-0.3, -0.25) is 14.2 Å². The number of benzene rings is 2. The standard InChI is InChI=1S/C25H28N4O3/c1-3-20-17-23(30)29(25(26-20)19-9-5-4-6-10-19)18-24(31)28-15-13-27(14-16-28)21-11-7-8-12-22(21)32-2/h4-12,17H,3,13-16,18H2,1-2H3. The van der Waals surface area contributed by atoms with Gasteiger partial charge >= 0.3 is 0 Å². The van der Waals surface area contributed by atoms with E-state index in [1.54, 1.807) is 7.11 Å². The highest BCUT2D eigenvalue weighted by Gasteiger charge is 2.24. The summed E-state index contributed by atoms with van der Waals surface area (Å²) >= 11 is 0. The second-order valence-electron chi connectivity index (χ2n) is 7.75. The van der Waals surface area contributed by atoms with E-state index in [1.807, 2.05) is 66.4 Å². The lowest BCUT2D eigenvalue weighted by atomic mass is 10.2. The van der Waals surface area contributed by atoms with Crippen LogP contribution in [-0.2, 0) is 17.8 Å². The van der Waals surface area contributed by atoms with Crippen LogP contribution in [0, 0.1) is 0 Å². The Morgan fingerprint density at radius 1 is 1.00 bits per heavy atom. The first-order valence-corrected chi connectivity index (χ1v) is 10.9. The average molecular weight is 433 g/mol. The molecule has 32 heavy (non-hydrogen) atoms. The van der Waals surface area contributed by atoms with Gasteiger partial charge in [-0.15, -0.1) is 0 Å². The highest BCUT2D eigenvalue weighted by molar-refractivity contribution is 5.77. The van der Waals surface area contributed by atoms with Crippen molar-refractivity contribution in [1.82, 2.24) is 14.5 Å². The molecule has 0 atom stereocenters. The molecule has 166 valence electrons. The SMILES string of the molecule is CCc1cc(=O)n(CC(=O)N2CCN(c3ccccc3OC)CC2)c(-c2ccccc2)n1. The molecular weight excluding hydrogens is 404 g/mol. The Balaban J connectivity index is 1.51. The third kappa shape index (κ3) is 4.51. The van der Waals surface area contributed by atoms with Crippen LogP contribution in [0.1, 0.15) is 12.6 Å². The Labute approximate surface area is 187 Å². The zero-order valence-electron chi connectivity index (χ0n) is 18.5. The number of aryl methyl sites for hydroxylation is 1. The number of methoxy groups -OCH3 is 1. The molecule has 0 unspecified atom stereocenters. The molecule has 7 nitrogen and oxygen atoms in total. The average Bonchev–Trinajstić information content (AvgIpc) is 2.85. The molecule has 3 aromatic rings. The van der Waals surface area contributed by atoms with E-state index in [2.05, 4.69) is 9.88 Å². The van der Waals surface area contributed by atoms with Crippen LogP contribution in [0.25, 0.3) is 11.4 Å². The first kappa shape index (κ1) is 21.6. The summed E-state index contributed by atoms with van der Waals surface area (Å²) in [6.07, 6.45) is 0.661. The minimum Gasteiger partial charge on any atom is -0.495 e. The first-order valence-electron chi connectivity index (χ1n) is 10.9. The molecule has 0 bridgehead atoms. The molecule has 1 aromatic heterocycles. The number of ether oxygens (including phenoxy) is 1.